The van der Waals surface area contributed by atoms with Gasteiger partial charge in [-0.1, -0.05) is 12.1 Å². The molecule has 0 saturated heterocycles. The second kappa shape index (κ2) is 7.17. The van der Waals surface area contributed by atoms with Crippen LogP contribution in [0.5, 0.6) is 0 Å². The van der Waals surface area contributed by atoms with E-state index in [1.165, 1.54) is 6.07 Å². The van der Waals surface area contributed by atoms with Crippen LogP contribution in [0.3, 0.4) is 0 Å². The summed E-state index contributed by atoms with van der Waals surface area (Å²) < 4.78 is 15.9. The minimum absolute atomic E-state index is 0.251. The van der Waals surface area contributed by atoms with E-state index in [2.05, 4.69) is 15.8 Å². The Hall–Kier alpha value is -2.21. The largest absolute Gasteiger partial charge is 0.362 e. The third-order valence-electron chi connectivity index (χ3n) is 3.27. The van der Waals surface area contributed by atoms with E-state index < -0.39 is 0 Å². The molecular weight excluding hydrogens is 299 g/mol. The lowest BCUT2D eigenvalue weighted by molar-refractivity contribution is 0.616. The number of para-hydroxylation sites is 1. The summed E-state index contributed by atoms with van der Waals surface area (Å²) in [5.74, 6) is -0.251. The second-order valence-electron chi connectivity index (χ2n) is 4.84. The minimum atomic E-state index is -0.251. The highest BCUT2D eigenvalue weighted by molar-refractivity contribution is 7.80. The molecule has 0 bridgehead atoms. The highest BCUT2D eigenvalue weighted by Gasteiger charge is 2.12. The number of aromatic nitrogens is 1. The zero-order chi connectivity index (χ0) is 16.1. The van der Waals surface area contributed by atoms with Gasteiger partial charge in [-0.3, -0.25) is 5.43 Å². The standard InChI is InChI=1S/C16H19FN4S/c1-4-18-16(22)20-19-10-13-9-11(2)21(12(13)3)15-8-6-5-7-14(15)17/h5-10H,4H2,1-3H3,(H2,18,20,22)/b19-10-. The topological polar surface area (TPSA) is 41.4 Å². The van der Waals surface area contributed by atoms with Gasteiger partial charge in [-0.2, -0.15) is 5.10 Å². The third kappa shape index (κ3) is 3.51. The fraction of sp³-hybridized carbons (Fsp3) is 0.250. The number of aryl methyl sites for hydroxylation is 1. The van der Waals surface area contributed by atoms with Gasteiger partial charge in [0.15, 0.2) is 5.11 Å². The van der Waals surface area contributed by atoms with E-state index in [-0.39, 0.29) is 5.82 Å². The van der Waals surface area contributed by atoms with Crippen LogP contribution in [-0.4, -0.2) is 22.4 Å². The van der Waals surface area contributed by atoms with Gasteiger partial charge in [0.1, 0.15) is 5.82 Å². The normalized spacial score (nSPS) is 10.9. The summed E-state index contributed by atoms with van der Waals surface area (Å²) in [7, 11) is 0. The Bertz CT molecular complexity index is 706. The average molecular weight is 318 g/mol. The predicted molar refractivity (Wildman–Crippen MR) is 92.2 cm³/mol. The quantitative estimate of drug-likeness (QED) is 0.517. The smallest absolute Gasteiger partial charge is 0.186 e. The van der Waals surface area contributed by atoms with Crippen molar-refractivity contribution in [3.8, 4) is 5.69 Å². The summed E-state index contributed by atoms with van der Waals surface area (Å²) >= 11 is 5.04. The molecule has 1 aromatic heterocycles. The van der Waals surface area contributed by atoms with Gasteiger partial charge in [0.25, 0.3) is 0 Å². The van der Waals surface area contributed by atoms with Crippen molar-refractivity contribution in [1.82, 2.24) is 15.3 Å². The summed E-state index contributed by atoms with van der Waals surface area (Å²) in [6.45, 7) is 6.57. The van der Waals surface area contributed by atoms with Gasteiger partial charge in [0.05, 0.1) is 11.9 Å². The summed E-state index contributed by atoms with van der Waals surface area (Å²) in [6, 6.07) is 8.68. The number of hydrogen-bond donors (Lipinski definition) is 2. The predicted octanol–water partition coefficient (Wildman–Crippen LogP) is 3.05. The highest BCUT2D eigenvalue weighted by atomic mass is 32.1. The summed E-state index contributed by atoms with van der Waals surface area (Å²) in [5, 5.41) is 7.53. The van der Waals surface area contributed by atoms with Gasteiger partial charge in [-0.25, -0.2) is 4.39 Å². The van der Waals surface area contributed by atoms with Crippen LogP contribution in [-0.2, 0) is 0 Å². The van der Waals surface area contributed by atoms with Crippen molar-refractivity contribution in [2.75, 3.05) is 6.54 Å². The van der Waals surface area contributed by atoms with Crippen LogP contribution in [0.4, 0.5) is 4.39 Å². The van der Waals surface area contributed by atoms with Crippen LogP contribution in [0.15, 0.2) is 35.4 Å². The SMILES string of the molecule is CCNC(=S)N/N=C\c1cc(C)n(-c2ccccc2F)c1C. The molecule has 0 radical (unpaired) electrons. The summed E-state index contributed by atoms with van der Waals surface area (Å²) in [6.07, 6.45) is 1.68. The molecule has 0 fully saturated rings. The molecule has 0 aliphatic rings. The van der Waals surface area contributed by atoms with Gasteiger partial charge in [-0.15, -0.1) is 0 Å². The lowest BCUT2D eigenvalue weighted by atomic mass is 10.2. The Balaban J connectivity index is 2.26. The maximum Gasteiger partial charge on any atom is 0.186 e. The molecule has 0 atom stereocenters. The van der Waals surface area contributed by atoms with Crippen LogP contribution in [0, 0.1) is 19.7 Å². The first-order valence-corrected chi connectivity index (χ1v) is 7.46. The fourth-order valence-corrected chi connectivity index (χ4v) is 2.48. The van der Waals surface area contributed by atoms with Crippen LogP contribution >= 0.6 is 12.2 Å². The maximum atomic E-state index is 14.0. The molecule has 6 heteroatoms. The Kier molecular flexibility index (Phi) is 5.27. The van der Waals surface area contributed by atoms with Crippen LogP contribution in [0.25, 0.3) is 5.69 Å². The van der Waals surface area contributed by atoms with Crippen molar-refractivity contribution in [3.05, 3.63) is 53.1 Å². The maximum absolute atomic E-state index is 14.0. The van der Waals surface area contributed by atoms with Crippen molar-refractivity contribution in [2.24, 2.45) is 5.10 Å². The molecule has 1 heterocycles. The first-order valence-electron chi connectivity index (χ1n) is 7.05. The zero-order valence-corrected chi connectivity index (χ0v) is 13.7. The molecule has 2 N–H and O–H groups in total. The number of halogens is 1. The third-order valence-corrected chi connectivity index (χ3v) is 3.51. The van der Waals surface area contributed by atoms with Gasteiger partial charge >= 0.3 is 0 Å². The molecule has 22 heavy (non-hydrogen) atoms. The molecule has 0 spiro atoms. The van der Waals surface area contributed by atoms with Gasteiger partial charge < -0.3 is 9.88 Å². The monoisotopic (exact) mass is 318 g/mol. The highest BCUT2D eigenvalue weighted by Crippen LogP contribution is 2.21. The number of nitrogens with zero attached hydrogens (tertiary/aromatic N) is 2. The van der Waals surface area contributed by atoms with Crippen LogP contribution in [0.2, 0.25) is 0 Å². The molecule has 1 aromatic carbocycles. The van der Waals surface area contributed by atoms with Gasteiger partial charge in [0, 0.05) is 23.5 Å². The molecule has 0 aliphatic heterocycles. The molecule has 4 nitrogen and oxygen atoms in total. The first kappa shape index (κ1) is 16.2. The Labute approximate surface area is 135 Å². The molecule has 2 aromatic rings. The van der Waals surface area contributed by atoms with Crippen LogP contribution in [0.1, 0.15) is 23.9 Å². The van der Waals surface area contributed by atoms with E-state index in [4.69, 9.17) is 12.2 Å². The van der Waals surface area contributed by atoms with Crippen molar-refractivity contribution in [3.63, 3.8) is 0 Å². The lowest BCUT2D eigenvalue weighted by Crippen LogP contribution is -2.31. The summed E-state index contributed by atoms with van der Waals surface area (Å²) in [5.41, 5.74) is 6.05. The van der Waals surface area contributed by atoms with Crippen LogP contribution < -0.4 is 10.7 Å². The molecular formula is C16H19FN4S. The van der Waals surface area contributed by atoms with E-state index >= 15 is 0 Å². The molecule has 2 rings (SSSR count). The molecule has 0 aliphatic carbocycles. The van der Waals surface area contributed by atoms with E-state index in [1.54, 1.807) is 18.3 Å². The Morgan fingerprint density at radius 3 is 2.77 bits per heavy atom. The number of benzene rings is 1. The number of rotatable bonds is 4. The van der Waals surface area contributed by atoms with E-state index in [1.807, 2.05) is 37.5 Å². The first-order chi connectivity index (χ1) is 10.5. The van der Waals surface area contributed by atoms with Crippen molar-refractivity contribution in [1.29, 1.82) is 0 Å². The fourth-order valence-electron chi connectivity index (χ4n) is 2.28. The van der Waals surface area contributed by atoms with E-state index in [0.717, 1.165) is 23.5 Å². The molecule has 116 valence electrons. The van der Waals surface area contributed by atoms with E-state index in [0.29, 0.717) is 10.8 Å². The number of nitrogens with one attached hydrogen (secondary N) is 2. The molecule has 0 unspecified atom stereocenters. The van der Waals surface area contributed by atoms with Crippen molar-refractivity contribution in [2.45, 2.75) is 20.8 Å². The molecule has 0 amide bonds. The van der Waals surface area contributed by atoms with Crippen molar-refractivity contribution < 1.29 is 4.39 Å². The Morgan fingerprint density at radius 1 is 1.36 bits per heavy atom. The lowest BCUT2D eigenvalue weighted by Gasteiger charge is -2.10. The average Bonchev–Trinajstić information content (AvgIpc) is 2.75. The van der Waals surface area contributed by atoms with Gasteiger partial charge in [0.2, 0.25) is 0 Å². The number of thiocarbonyl (C=S) groups is 1. The second-order valence-corrected chi connectivity index (χ2v) is 5.25. The van der Waals surface area contributed by atoms with Crippen molar-refractivity contribution >= 4 is 23.5 Å². The number of hydrogen-bond acceptors (Lipinski definition) is 2. The summed E-state index contributed by atoms with van der Waals surface area (Å²) in [4.78, 5) is 0. The van der Waals surface area contributed by atoms with Gasteiger partial charge in [-0.05, 0) is 51.2 Å². The van der Waals surface area contributed by atoms with E-state index in [9.17, 15) is 4.39 Å². The Morgan fingerprint density at radius 2 is 2.09 bits per heavy atom. The minimum Gasteiger partial charge on any atom is -0.362 e. The number of hydrazone groups is 1. The molecule has 0 saturated carbocycles. The zero-order valence-electron chi connectivity index (χ0n) is 12.9.